The molecular weight excluding hydrogens is 193 g/mol. The smallest absolute Gasteiger partial charge is 0.123 e. The summed E-state index contributed by atoms with van der Waals surface area (Å²) < 4.78 is 12.7. The van der Waals surface area contributed by atoms with Gasteiger partial charge in [0.05, 0.1) is 6.61 Å². The fourth-order valence-corrected chi connectivity index (χ4v) is 1.08. The lowest BCUT2D eigenvalue weighted by molar-refractivity contribution is 0.267. The van der Waals surface area contributed by atoms with E-state index in [2.05, 4.69) is 0 Å². The van der Waals surface area contributed by atoms with Gasteiger partial charge < -0.3 is 10.8 Å². The van der Waals surface area contributed by atoms with Crippen LogP contribution < -0.4 is 5.73 Å². The lowest BCUT2D eigenvalue weighted by Gasteiger charge is -2.10. The van der Waals surface area contributed by atoms with Crippen molar-refractivity contribution in [2.24, 2.45) is 5.73 Å². The first-order valence-electron chi connectivity index (χ1n) is 3.84. The molecule has 4 heteroatoms. The Morgan fingerprint density at radius 1 is 1.46 bits per heavy atom. The zero-order valence-corrected chi connectivity index (χ0v) is 7.93. The summed E-state index contributed by atoms with van der Waals surface area (Å²) in [6, 6.07) is 6.14. The molecule has 0 aliphatic carbocycles. The van der Waals surface area contributed by atoms with Crippen LogP contribution in [0.5, 0.6) is 0 Å². The largest absolute Gasteiger partial charge is 0.396 e. The van der Waals surface area contributed by atoms with Gasteiger partial charge in [0.2, 0.25) is 0 Å². The van der Waals surface area contributed by atoms with Crippen molar-refractivity contribution in [3.63, 3.8) is 0 Å². The van der Waals surface area contributed by atoms with Gasteiger partial charge in [-0.05, 0) is 17.7 Å². The molecule has 3 N–H and O–H groups in total. The zero-order valence-electron chi connectivity index (χ0n) is 7.11. The number of benzene rings is 1. The van der Waals surface area contributed by atoms with Crippen molar-refractivity contribution in [3.8, 4) is 0 Å². The Morgan fingerprint density at radius 3 is 2.62 bits per heavy atom. The van der Waals surface area contributed by atoms with Crippen molar-refractivity contribution in [1.82, 2.24) is 0 Å². The highest BCUT2D eigenvalue weighted by atomic mass is 35.5. The minimum Gasteiger partial charge on any atom is -0.396 e. The van der Waals surface area contributed by atoms with Crippen LogP contribution in [0.15, 0.2) is 24.3 Å². The summed E-state index contributed by atoms with van der Waals surface area (Å²) in [5, 5.41) is 8.87. The van der Waals surface area contributed by atoms with Gasteiger partial charge in [-0.2, -0.15) is 0 Å². The molecule has 1 atom stereocenters. The van der Waals surface area contributed by atoms with Crippen LogP contribution in [0, 0.1) is 5.82 Å². The third kappa shape index (κ3) is 3.30. The summed E-state index contributed by atoms with van der Waals surface area (Å²) in [5.74, 6) is -0.444. The molecule has 0 heterocycles. The van der Waals surface area contributed by atoms with Crippen LogP contribution >= 0.6 is 12.4 Å². The second-order valence-electron chi connectivity index (χ2n) is 2.67. The third-order valence-electron chi connectivity index (χ3n) is 1.82. The van der Waals surface area contributed by atoms with Gasteiger partial charge in [-0.3, -0.25) is 0 Å². The van der Waals surface area contributed by atoms with Crippen molar-refractivity contribution in [2.45, 2.75) is 5.92 Å². The maximum atomic E-state index is 12.7. The highest BCUT2D eigenvalue weighted by Gasteiger charge is 2.07. The van der Waals surface area contributed by atoms with E-state index in [1.807, 2.05) is 0 Å². The number of hydrogen-bond acceptors (Lipinski definition) is 2. The van der Waals surface area contributed by atoms with E-state index >= 15 is 0 Å². The lowest BCUT2D eigenvalue weighted by Crippen LogP contribution is -2.15. The summed E-state index contributed by atoms with van der Waals surface area (Å²) in [4.78, 5) is 0. The van der Waals surface area contributed by atoms with Crippen molar-refractivity contribution in [3.05, 3.63) is 35.6 Å². The van der Waals surface area contributed by atoms with Gasteiger partial charge >= 0.3 is 0 Å². The van der Waals surface area contributed by atoms with E-state index < -0.39 is 0 Å². The van der Waals surface area contributed by atoms with Gasteiger partial charge in [-0.15, -0.1) is 12.4 Å². The molecule has 0 bridgehead atoms. The Kier molecular flexibility index (Phi) is 5.62. The Labute approximate surface area is 83.0 Å². The predicted molar refractivity (Wildman–Crippen MR) is 52.5 cm³/mol. The summed E-state index contributed by atoms with van der Waals surface area (Å²) in [6.07, 6.45) is 0. The van der Waals surface area contributed by atoms with Crippen molar-refractivity contribution in [2.75, 3.05) is 13.2 Å². The first-order chi connectivity index (χ1) is 5.77. The van der Waals surface area contributed by atoms with Gasteiger partial charge in [0, 0.05) is 12.5 Å². The molecule has 0 saturated heterocycles. The maximum absolute atomic E-state index is 12.7. The Hall–Kier alpha value is -0.640. The normalized spacial score (nSPS) is 11.9. The molecule has 0 unspecified atom stereocenters. The number of halogens is 2. The molecule has 0 aliphatic rings. The van der Waals surface area contributed by atoms with E-state index in [9.17, 15) is 4.39 Å². The first kappa shape index (κ1) is 12.4. The number of nitrogens with two attached hydrogens (primary N) is 1. The monoisotopic (exact) mass is 205 g/mol. The SMILES string of the molecule is Cl.NC[C@@H](CO)c1cccc(F)c1. The number of hydrogen-bond donors (Lipinski definition) is 2. The summed E-state index contributed by atoms with van der Waals surface area (Å²) in [7, 11) is 0. The van der Waals surface area contributed by atoms with Crippen LogP contribution in [0.3, 0.4) is 0 Å². The highest BCUT2D eigenvalue weighted by Crippen LogP contribution is 2.14. The molecule has 0 aliphatic heterocycles. The highest BCUT2D eigenvalue weighted by molar-refractivity contribution is 5.85. The van der Waals surface area contributed by atoms with E-state index in [1.165, 1.54) is 12.1 Å². The standard InChI is InChI=1S/C9H12FNO.ClH/c10-9-3-1-2-7(4-9)8(5-11)6-12;/h1-4,8,12H,5-6,11H2;1H/t8-;/m0./s1. The molecular formula is C9H13ClFNO. The van der Waals surface area contributed by atoms with Crippen LogP contribution in [0.4, 0.5) is 4.39 Å². The lowest BCUT2D eigenvalue weighted by atomic mass is 10.0. The van der Waals surface area contributed by atoms with Crippen LogP contribution in [0.25, 0.3) is 0 Å². The quantitative estimate of drug-likeness (QED) is 0.781. The molecule has 1 rings (SSSR count). The van der Waals surface area contributed by atoms with Crippen molar-refractivity contribution < 1.29 is 9.50 Å². The molecule has 0 radical (unpaired) electrons. The summed E-state index contributed by atoms with van der Waals surface area (Å²) in [6.45, 7) is 0.292. The van der Waals surface area contributed by atoms with Crippen molar-refractivity contribution >= 4 is 12.4 Å². The topological polar surface area (TPSA) is 46.2 Å². The second-order valence-corrected chi connectivity index (χ2v) is 2.67. The van der Waals surface area contributed by atoms with E-state index in [0.717, 1.165) is 5.56 Å². The molecule has 2 nitrogen and oxygen atoms in total. The molecule has 13 heavy (non-hydrogen) atoms. The number of aliphatic hydroxyl groups excluding tert-OH is 1. The molecule has 0 spiro atoms. The average Bonchev–Trinajstić information content (AvgIpc) is 2.07. The molecule has 1 aromatic rings. The fourth-order valence-electron chi connectivity index (χ4n) is 1.08. The molecule has 1 aromatic carbocycles. The Bertz CT molecular complexity index is 253. The zero-order chi connectivity index (χ0) is 8.97. The Balaban J connectivity index is 0.00000144. The molecule has 74 valence electrons. The van der Waals surface area contributed by atoms with Crippen LogP contribution in [-0.4, -0.2) is 18.3 Å². The summed E-state index contributed by atoms with van der Waals surface area (Å²) >= 11 is 0. The van der Waals surface area contributed by atoms with E-state index in [1.54, 1.807) is 12.1 Å². The Morgan fingerprint density at radius 2 is 2.15 bits per heavy atom. The fraction of sp³-hybridized carbons (Fsp3) is 0.333. The maximum Gasteiger partial charge on any atom is 0.123 e. The van der Waals surface area contributed by atoms with Gasteiger partial charge in [-0.1, -0.05) is 12.1 Å². The van der Waals surface area contributed by atoms with E-state index in [4.69, 9.17) is 10.8 Å². The second kappa shape index (κ2) is 5.91. The van der Waals surface area contributed by atoms with Crippen LogP contribution in [-0.2, 0) is 0 Å². The van der Waals surface area contributed by atoms with Crippen LogP contribution in [0.2, 0.25) is 0 Å². The molecule has 0 amide bonds. The van der Waals surface area contributed by atoms with Gasteiger partial charge in [0.25, 0.3) is 0 Å². The third-order valence-corrected chi connectivity index (χ3v) is 1.82. The average molecular weight is 206 g/mol. The predicted octanol–water partition coefficient (Wildman–Crippen LogP) is 1.28. The van der Waals surface area contributed by atoms with Gasteiger partial charge in [0.15, 0.2) is 0 Å². The van der Waals surface area contributed by atoms with E-state index in [0.29, 0.717) is 6.54 Å². The van der Waals surface area contributed by atoms with Crippen LogP contribution in [0.1, 0.15) is 11.5 Å². The van der Waals surface area contributed by atoms with Gasteiger partial charge in [-0.25, -0.2) is 4.39 Å². The minimum atomic E-state index is -0.292. The number of aliphatic hydroxyl groups is 1. The van der Waals surface area contributed by atoms with Crippen molar-refractivity contribution in [1.29, 1.82) is 0 Å². The molecule has 0 aromatic heterocycles. The minimum absolute atomic E-state index is 0. The molecule has 0 fully saturated rings. The molecule has 0 saturated carbocycles. The van der Waals surface area contributed by atoms with Gasteiger partial charge in [0.1, 0.15) is 5.82 Å². The number of rotatable bonds is 3. The van der Waals surface area contributed by atoms with E-state index in [-0.39, 0.29) is 30.7 Å². The first-order valence-corrected chi connectivity index (χ1v) is 3.84. The summed E-state index contributed by atoms with van der Waals surface area (Å²) in [5.41, 5.74) is 6.13.